The fourth-order valence-corrected chi connectivity index (χ4v) is 1.81. The van der Waals surface area contributed by atoms with Crippen LogP contribution in [0.15, 0.2) is 18.2 Å². The molecule has 1 aromatic carbocycles. The van der Waals surface area contributed by atoms with Crippen LogP contribution in [-0.4, -0.2) is 28.8 Å². The SMILES string of the molecule is CN(C(=O)c1cc([N+](=O)[O-])ccc1Cl)C1CC1. The van der Waals surface area contributed by atoms with E-state index in [0.717, 1.165) is 12.8 Å². The first-order valence-corrected chi connectivity index (χ1v) is 5.59. The number of nitrogens with zero attached hydrogens (tertiary/aromatic N) is 2. The molecule has 0 N–H and O–H groups in total. The van der Waals surface area contributed by atoms with Crippen LogP contribution >= 0.6 is 11.6 Å². The van der Waals surface area contributed by atoms with Crippen molar-refractivity contribution in [1.29, 1.82) is 0 Å². The standard InChI is InChI=1S/C11H11ClN2O3/c1-13(7-2-3-7)11(15)9-6-8(14(16)17)4-5-10(9)12/h4-7H,2-3H2,1H3. The molecule has 0 heterocycles. The van der Waals surface area contributed by atoms with Gasteiger partial charge in [0.15, 0.2) is 0 Å². The van der Waals surface area contributed by atoms with E-state index in [9.17, 15) is 14.9 Å². The lowest BCUT2D eigenvalue weighted by Gasteiger charge is -2.16. The van der Waals surface area contributed by atoms with E-state index in [1.807, 2.05) is 0 Å². The zero-order chi connectivity index (χ0) is 12.6. The maximum Gasteiger partial charge on any atom is 0.270 e. The van der Waals surface area contributed by atoms with Gasteiger partial charge < -0.3 is 4.90 Å². The number of carbonyl (C=O) groups is 1. The van der Waals surface area contributed by atoms with Crippen molar-refractivity contribution >= 4 is 23.2 Å². The largest absolute Gasteiger partial charge is 0.339 e. The lowest BCUT2D eigenvalue weighted by molar-refractivity contribution is -0.384. The van der Waals surface area contributed by atoms with E-state index in [4.69, 9.17) is 11.6 Å². The van der Waals surface area contributed by atoms with E-state index in [-0.39, 0.29) is 28.2 Å². The van der Waals surface area contributed by atoms with Gasteiger partial charge in [0, 0.05) is 25.2 Å². The Bertz CT molecular complexity index is 486. The van der Waals surface area contributed by atoms with Gasteiger partial charge in [-0.3, -0.25) is 14.9 Å². The average Bonchev–Trinajstić information content (AvgIpc) is 3.11. The molecule has 1 amide bonds. The van der Waals surface area contributed by atoms with Gasteiger partial charge in [-0.2, -0.15) is 0 Å². The van der Waals surface area contributed by atoms with Crippen molar-refractivity contribution in [2.75, 3.05) is 7.05 Å². The minimum atomic E-state index is -0.537. The number of hydrogen-bond acceptors (Lipinski definition) is 3. The minimum absolute atomic E-state index is 0.123. The summed E-state index contributed by atoms with van der Waals surface area (Å²) in [5.74, 6) is -0.263. The molecule has 0 unspecified atom stereocenters. The lowest BCUT2D eigenvalue weighted by atomic mass is 10.1. The molecule has 90 valence electrons. The molecular formula is C11H11ClN2O3. The quantitative estimate of drug-likeness (QED) is 0.615. The second kappa shape index (κ2) is 4.33. The van der Waals surface area contributed by atoms with E-state index < -0.39 is 4.92 Å². The lowest BCUT2D eigenvalue weighted by Crippen LogP contribution is -2.29. The molecule has 1 aliphatic carbocycles. The van der Waals surface area contributed by atoms with Crippen LogP contribution < -0.4 is 0 Å². The Kier molecular flexibility index (Phi) is 3.02. The minimum Gasteiger partial charge on any atom is -0.339 e. The summed E-state index contributed by atoms with van der Waals surface area (Å²) < 4.78 is 0. The molecule has 0 bridgehead atoms. The Morgan fingerprint density at radius 3 is 2.71 bits per heavy atom. The number of rotatable bonds is 3. The summed E-state index contributed by atoms with van der Waals surface area (Å²) >= 11 is 5.89. The number of nitro benzene ring substituents is 1. The van der Waals surface area contributed by atoms with Crippen molar-refractivity contribution in [3.63, 3.8) is 0 Å². The van der Waals surface area contributed by atoms with Crippen LogP contribution in [0.3, 0.4) is 0 Å². The van der Waals surface area contributed by atoms with E-state index in [1.54, 1.807) is 11.9 Å². The van der Waals surface area contributed by atoms with Crippen molar-refractivity contribution in [3.8, 4) is 0 Å². The molecular weight excluding hydrogens is 244 g/mol. The second-order valence-corrected chi connectivity index (χ2v) is 4.48. The Balaban J connectivity index is 2.32. The smallest absolute Gasteiger partial charge is 0.270 e. The first kappa shape index (κ1) is 11.9. The third-order valence-corrected chi connectivity index (χ3v) is 3.14. The third kappa shape index (κ3) is 2.39. The fraction of sp³-hybridized carbons (Fsp3) is 0.364. The van der Waals surface area contributed by atoms with E-state index in [1.165, 1.54) is 18.2 Å². The van der Waals surface area contributed by atoms with Gasteiger partial charge in [0.25, 0.3) is 11.6 Å². The number of hydrogen-bond donors (Lipinski definition) is 0. The molecule has 0 spiro atoms. The van der Waals surface area contributed by atoms with Gasteiger partial charge in [-0.25, -0.2) is 0 Å². The van der Waals surface area contributed by atoms with E-state index in [2.05, 4.69) is 0 Å². The molecule has 0 atom stereocenters. The van der Waals surface area contributed by atoms with Gasteiger partial charge in [0.1, 0.15) is 0 Å². The van der Waals surface area contributed by atoms with E-state index in [0.29, 0.717) is 0 Å². The predicted molar refractivity (Wildman–Crippen MR) is 63.2 cm³/mol. The summed E-state index contributed by atoms with van der Waals surface area (Å²) in [6.07, 6.45) is 1.96. The first-order chi connectivity index (χ1) is 8.00. The van der Waals surface area contributed by atoms with Crippen LogP contribution in [0.4, 0.5) is 5.69 Å². The molecule has 1 fully saturated rings. The fourth-order valence-electron chi connectivity index (χ4n) is 1.61. The van der Waals surface area contributed by atoms with Crippen molar-refractivity contribution in [2.24, 2.45) is 0 Å². The monoisotopic (exact) mass is 254 g/mol. The van der Waals surface area contributed by atoms with Crippen LogP contribution in [0.2, 0.25) is 5.02 Å². The summed E-state index contributed by atoms with van der Waals surface area (Å²) in [6, 6.07) is 4.14. The van der Waals surface area contributed by atoms with Crippen LogP contribution in [0.1, 0.15) is 23.2 Å². The maximum absolute atomic E-state index is 12.0. The summed E-state index contributed by atoms with van der Waals surface area (Å²) in [5.41, 5.74) is 0.0669. The first-order valence-electron chi connectivity index (χ1n) is 5.22. The zero-order valence-corrected chi connectivity index (χ0v) is 9.98. The molecule has 0 aliphatic heterocycles. The van der Waals surface area contributed by atoms with Gasteiger partial charge in [-0.05, 0) is 18.9 Å². The van der Waals surface area contributed by atoms with Crippen LogP contribution in [0, 0.1) is 10.1 Å². The number of nitro groups is 1. The molecule has 0 radical (unpaired) electrons. The number of benzene rings is 1. The Labute approximate surface area is 103 Å². The topological polar surface area (TPSA) is 63.5 Å². The highest BCUT2D eigenvalue weighted by Crippen LogP contribution is 2.29. The normalized spacial score (nSPS) is 14.5. The summed E-state index contributed by atoms with van der Waals surface area (Å²) in [7, 11) is 1.69. The summed E-state index contributed by atoms with van der Waals surface area (Å²) in [6.45, 7) is 0. The van der Waals surface area contributed by atoms with Gasteiger partial charge in [0.05, 0.1) is 15.5 Å². The zero-order valence-electron chi connectivity index (χ0n) is 9.22. The molecule has 5 nitrogen and oxygen atoms in total. The second-order valence-electron chi connectivity index (χ2n) is 4.07. The summed E-state index contributed by atoms with van der Waals surface area (Å²) in [5, 5.41) is 10.9. The third-order valence-electron chi connectivity index (χ3n) is 2.81. The number of non-ortho nitro benzene ring substituents is 1. The van der Waals surface area contributed by atoms with Gasteiger partial charge in [-0.1, -0.05) is 11.6 Å². The molecule has 0 aromatic heterocycles. The Hall–Kier alpha value is -1.62. The number of carbonyl (C=O) groups excluding carboxylic acids is 1. The molecule has 2 rings (SSSR count). The van der Waals surface area contributed by atoms with Crippen molar-refractivity contribution in [3.05, 3.63) is 38.9 Å². The molecule has 1 aromatic rings. The highest BCUT2D eigenvalue weighted by atomic mass is 35.5. The molecule has 1 saturated carbocycles. The Morgan fingerprint density at radius 1 is 1.53 bits per heavy atom. The van der Waals surface area contributed by atoms with Crippen LogP contribution in [0.25, 0.3) is 0 Å². The van der Waals surface area contributed by atoms with Crippen LogP contribution in [-0.2, 0) is 0 Å². The Morgan fingerprint density at radius 2 is 2.18 bits per heavy atom. The van der Waals surface area contributed by atoms with Crippen LogP contribution in [0.5, 0.6) is 0 Å². The van der Waals surface area contributed by atoms with Crippen molar-refractivity contribution < 1.29 is 9.72 Å². The van der Waals surface area contributed by atoms with Gasteiger partial charge in [0.2, 0.25) is 0 Å². The summed E-state index contributed by atoms with van der Waals surface area (Å²) in [4.78, 5) is 23.7. The number of amides is 1. The molecule has 6 heteroatoms. The van der Waals surface area contributed by atoms with Crippen molar-refractivity contribution in [2.45, 2.75) is 18.9 Å². The van der Waals surface area contributed by atoms with E-state index >= 15 is 0 Å². The predicted octanol–water partition coefficient (Wildman–Crippen LogP) is 2.48. The van der Waals surface area contributed by atoms with Gasteiger partial charge in [-0.15, -0.1) is 0 Å². The highest BCUT2D eigenvalue weighted by molar-refractivity contribution is 6.33. The van der Waals surface area contributed by atoms with Gasteiger partial charge >= 0.3 is 0 Å². The molecule has 17 heavy (non-hydrogen) atoms. The maximum atomic E-state index is 12.0. The highest BCUT2D eigenvalue weighted by Gasteiger charge is 2.31. The average molecular weight is 255 g/mol. The molecule has 1 aliphatic rings. The van der Waals surface area contributed by atoms with Crippen molar-refractivity contribution in [1.82, 2.24) is 4.90 Å². The molecule has 0 saturated heterocycles. The number of halogens is 1.